The molecule has 0 fully saturated rings. The molecule has 0 heterocycles. The van der Waals surface area contributed by atoms with Crippen molar-refractivity contribution in [1.82, 2.24) is 0 Å². The third kappa shape index (κ3) is 45.9. The van der Waals surface area contributed by atoms with Gasteiger partial charge in [0.2, 0.25) is 0 Å². The van der Waals surface area contributed by atoms with E-state index in [1.165, 1.54) is 180 Å². The van der Waals surface area contributed by atoms with Crippen LogP contribution in [0, 0.1) is 0 Å². The van der Waals surface area contributed by atoms with Gasteiger partial charge in [0, 0.05) is 12.8 Å². The highest BCUT2D eigenvalue weighted by molar-refractivity contribution is 7.47. The summed E-state index contributed by atoms with van der Waals surface area (Å²) in [6.45, 7) is 5.51. The highest BCUT2D eigenvalue weighted by Crippen LogP contribution is 2.43. The van der Waals surface area contributed by atoms with Crippen molar-refractivity contribution < 1.29 is 37.6 Å². The zero-order chi connectivity index (χ0) is 43.2. The molecule has 0 aromatic rings. The minimum atomic E-state index is -4.28. The van der Waals surface area contributed by atoms with E-state index in [1.54, 1.807) is 6.92 Å². The average molecular weight is 855 g/mol. The maximum Gasteiger partial charge on any atom is 0.472 e. The summed E-state index contributed by atoms with van der Waals surface area (Å²) in [6.07, 6.45) is 52.4. The van der Waals surface area contributed by atoms with Crippen LogP contribution in [0.15, 0.2) is 24.3 Å². The zero-order valence-electron chi connectivity index (χ0n) is 38.9. The van der Waals surface area contributed by atoms with Crippen LogP contribution in [0.4, 0.5) is 0 Å². The molecule has 2 unspecified atom stereocenters. The van der Waals surface area contributed by atoms with Crippen molar-refractivity contribution in [2.45, 2.75) is 264 Å². The number of phosphoric acid groups is 1. The first kappa shape index (κ1) is 57.5. The number of carbonyl (C=O) groups excluding carboxylic acids is 2. The van der Waals surface area contributed by atoms with Gasteiger partial charge in [0.05, 0.1) is 13.2 Å². The van der Waals surface area contributed by atoms with E-state index in [2.05, 4.69) is 38.2 Å². The number of phosphoric ester groups is 1. The number of carbonyl (C=O) groups is 2. The minimum Gasteiger partial charge on any atom is -0.462 e. The second-order valence-corrected chi connectivity index (χ2v) is 18.3. The molecule has 0 aromatic heterocycles. The van der Waals surface area contributed by atoms with Crippen LogP contribution >= 0.6 is 7.82 Å². The first-order valence-corrected chi connectivity index (χ1v) is 26.6. The van der Waals surface area contributed by atoms with Crippen molar-refractivity contribution in [3.05, 3.63) is 24.3 Å². The normalized spacial score (nSPS) is 13.4. The number of rotatable bonds is 47. The van der Waals surface area contributed by atoms with Crippen LogP contribution < -0.4 is 0 Å². The summed E-state index contributed by atoms with van der Waals surface area (Å²) >= 11 is 0. The first-order chi connectivity index (χ1) is 28.8. The lowest BCUT2D eigenvalue weighted by atomic mass is 10.0. The van der Waals surface area contributed by atoms with Crippen molar-refractivity contribution in [1.29, 1.82) is 0 Å². The Labute approximate surface area is 364 Å². The van der Waals surface area contributed by atoms with Crippen LogP contribution in [0.3, 0.4) is 0 Å². The molecule has 0 radical (unpaired) electrons. The molecular weight excluding hydrogens is 760 g/mol. The van der Waals surface area contributed by atoms with Crippen LogP contribution in [0.25, 0.3) is 0 Å². The van der Waals surface area contributed by atoms with E-state index in [4.69, 9.17) is 18.5 Å². The SMILES string of the molecule is CCCCCCC/C=C\C/C=C\CCCCCCCCCCCCCC(=O)OC(COC(=O)CCCCCCCCCCCCCCCCCC)COP(=O)(O)OCC. The van der Waals surface area contributed by atoms with E-state index in [1.807, 2.05) is 0 Å². The van der Waals surface area contributed by atoms with E-state index in [0.29, 0.717) is 12.8 Å². The lowest BCUT2D eigenvalue weighted by molar-refractivity contribution is -0.161. The summed E-state index contributed by atoms with van der Waals surface area (Å²) < 4.78 is 32.8. The summed E-state index contributed by atoms with van der Waals surface area (Å²) in [5.41, 5.74) is 0. The molecule has 2 atom stereocenters. The highest BCUT2D eigenvalue weighted by atomic mass is 31.2. The topological polar surface area (TPSA) is 108 Å². The molecule has 0 spiro atoms. The number of hydrogen-bond donors (Lipinski definition) is 1. The van der Waals surface area contributed by atoms with Gasteiger partial charge in [-0.1, -0.05) is 218 Å². The lowest BCUT2D eigenvalue weighted by Crippen LogP contribution is -2.29. The van der Waals surface area contributed by atoms with E-state index in [-0.39, 0.29) is 32.2 Å². The maximum atomic E-state index is 12.6. The molecule has 8 nitrogen and oxygen atoms in total. The van der Waals surface area contributed by atoms with Crippen LogP contribution in [-0.4, -0.2) is 42.8 Å². The van der Waals surface area contributed by atoms with Gasteiger partial charge in [-0.15, -0.1) is 0 Å². The highest BCUT2D eigenvalue weighted by Gasteiger charge is 2.25. The van der Waals surface area contributed by atoms with Gasteiger partial charge in [-0.3, -0.25) is 18.6 Å². The molecule has 9 heteroatoms. The maximum absolute atomic E-state index is 12.6. The molecule has 0 rings (SSSR count). The standard InChI is InChI=1S/C50H95O8P/c1-4-7-9-11-13-15-17-19-21-23-24-25-26-27-28-29-31-33-35-37-39-41-43-45-50(52)58-48(47-57-59(53,54)56-6-3)46-55-49(51)44-42-40-38-36-34-32-30-22-20-18-16-14-12-10-8-5-2/h17,19,23-24,48H,4-16,18,20-22,25-47H2,1-3H3,(H,53,54)/b19-17-,24-23-. The summed E-state index contributed by atoms with van der Waals surface area (Å²) in [7, 11) is -4.28. The van der Waals surface area contributed by atoms with Crippen LogP contribution in [0.1, 0.15) is 258 Å². The van der Waals surface area contributed by atoms with Gasteiger partial charge < -0.3 is 14.4 Å². The van der Waals surface area contributed by atoms with E-state index in [0.717, 1.165) is 38.5 Å². The van der Waals surface area contributed by atoms with Gasteiger partial charge in [-0.25, -0.2) is 4.57 Å². The van der Waals surface area contributed by atoms with Crippen LogP contribution in [0.5, 0.6) is 0 Å². The van der Waals surface area contributed by atoms with Crippen molar-refractivity contribution >= 4 is 19.8 Å². The number of unbranched alkanes of at least 4 members (excludes halogenated alkanes) is 31. The Kier molecular flexibility index (Phi) is 44.9. The average Bonchev–Trinajstić information content (AvgIpc) is 3.22. The molecule has 0 aromatic carbocycles. The van der Waals surface area contributed by atoms with Gasteiger partial charge in [0.1, 0.15) is 6.61 Å². The Morgan fingerprint density at radius 2 is 0.814 bits per heavy atom. The van der Waals surface area contributed by atoms with Gasteiger partial charge in [-0.05, 0) is 51.9 Å². The Morgan fingerprint density at radius 1 is 0.458 bits per heavy atom. The van der Waals surface area contributed by atoms with Crippen LogP contribution in [-0.2, 0) is 32.7 Å². The summed E-state index contributed by atoms with van der Waals surface area (Å²) in [4.78, 5) is 34.9. The van der Waals surface area contributed by atoms with Crippen molar-refractivity contribution in [3.8, 4) is 0 Å². The molecule has 1 N–H and O–H groups in total. The quantitative estimate of drug-likeness (QED) is 0.0279. The first-order valence-electron chi connectivity index (χ1n) is 25.1. The predicted molar refractivity (Wildman–Crippen MR) is 249 cm³/mol. The van der Waals surface area contributed by atoms with Crippen molar-refractivity contribution in [2.24, 2.45) is 0 Å². The molecule has 0 aliphatic rings. The summed E-state index contributed by atoms with van der Waals surface area (Å²) in [5.74, 6) is -0.786. The van der Waals surface area contributed by atoms with Gasteiger partial charge in [0.25, 0.3) is 0 Å². The van der Waals surface area contributed by atoms with Gasteiger partial charge in [0.15, 0.2) is 6.10 Å². The lowest BCUT2D eigenvalue weighted by Gasteiger charge is -2.19. The van der Waals surface area contributed by atoms with Crippen molar-refractivity contribution in [2.75, 3.05) is 19.8 Å². The Bertz CT molecular complexity index is 1010. The van der Waals surface area contributed by atoms with Crippen LogP contribution in [0.2, 0.25) is 0 Å². The second kappa shape index (κ2) is 46.0. The summed E-state index contributed by atoms with van der Waals surface area (Å²) in [5, 5.41) is 0. The zero-order valence-corrected chi connectivity index (χ0v) is 39.8. The van der Waals surface area contributed by atoms with Gasteiger partial charge >= 0.3 is 19.8 Å². The molecule has 0 bridgehead atoms. The van der Waals surface area contributed by atoms with Gasteiger partial charge in [-0.2, -0.15) is 0 Å². The Balaban J connectivity index is 3.96. The molecule has 0 saturated carbocycles. The number of esters is 2. The fourth-order valence-corrected chi connectivity index (χ4v) is 8.06. The monoisotopic (exact) mass is 855 g/mol. The van der Waals surface area contributed by atoms with E-state index in [9.17, 15) is 19.0 Å². The fourth-order valence-electron chi connectivity index (χ4n) is 7.31. The molecule has 0 aliphatic heterocycles. The van der Waals surface area contributed by atoms with Crippen molar-refractivity contribution in [3.63, 3.8) is 0 Å². The van der Waals surface area contributed by atoms with E-state index < -0.39 is 19.9 Å². The fraction of sp³-hybridized carbons (Fsp3) is 0.880. The third-order valence-corrected chi connectivity index (χ3v) is 12.1. The largest absolute Gasteiger partial charge is 0.472 e. The minimum absolute atomic E-state index is 0.00250. The Morgan fingerprint density at radius 3 is 1.20 bits per heavy atom. The Hall–Kier alpha value is -1.47. The second-order valence-electron chi connectivity index (χ2n) is 16.8. The third-order valence-electron chi connectivity index (χ3n) is 11.0. The predicted octanol–water partition coefficient (Wildman–Crippen LogP) is 16.2. The van der Waals surface area contributed by atoms with E-state index >= 15 is 0 Å². The summed E-state index contributed by atoms with van der Waals surface area (Å²) in [6, 6.07) is 0. The molecule has 0 aliphatic carbocycles. The molecule has 348 valence electrons. The smallest absolute Gasteiger partial charge is 0.462 e. The molecule has 0 amide bonds. The molecule has 0 saturated heterocycles. The number of hydrogen-bond acceptors (Lipinski definition) is 7. The molecular formula is C50H95O8P. The number of allylic oxidation sites excluding steroid dienone is 4. The molecule has 59 heavy (non-hydrogen) atoms. The number of ether oxygens (including phenoxy) is 2.